The molecule has 1 atom stereocenters. The van der Waals surface area contributed by atoms with Gasteiger partial charge in [-0.3, -0.25) is 4.79 Å². The predicted molar refractivity (Wildman–Crippen MR) is 111 cm³/mol. The topological polar surface area (TPSA) is 99.4 Å². The van der Waals surface area contributed by atoms with Crippen molar-refractivity contribution in [2.24, 2.45) is 0 Å². The third kappa shape index (κ3) is 4.76. The van der Waals surface area contributed by atoms with Gasteiger partial charge in [-0.25, -0.2) is 14.4 Å². The number of aromatic nitrogens is 2. The molecule has 30 heavy (non-hydrogen) atoms. The molecule has 1 aromatic heterocycles. The molecule has 0 aliphatic carbocycles. The zero-order chi connectivity index (χ0) is 21.8. The van der Waals surface area contributed by atoms with Crippen molar-refractivity contribution in [1.82, 2.24) is 14.9 Å². The number of hydrogen-bond donors (Lipinski definition) is 2. The first-order valence-electron chi connectivity index (χ1n) is 9.72. The Morgan fingerprint density at radius 1 is 1.33 bits per heavy atom. The molecule has 1 aliphatic heterocycles. The van der Waals surface area contributed by atoms with E-state index in [9.17, 15) is 9.18 Å². The van der Waals surface area contributed by atoms with Crippen molar-refractivity contribution >= 4 is 23.2 Å². The Morgan fingerprint density at radius 3 is 2.70 bits per heavy atom. The summed E-state index contributed by atoms with van der Waals surface area (Å²) in [7, 11) is 0. The Bertz CT molecular complexity index is 946. The van der Waals surface area contributed by atoms with E-state index in [1.54, 1.807) is 13.8 Å². The molecule has 1 saturated heterocycles. The monoisotopic (exact) mass is 434 g/mol. The van der Waals surface area contributed by atoms with Crippen LogP contribution in [0.3, 0.4) is 0 Å². The smallest absolute Gasteiger partial charge is 0.257 e. The second-order valence-corrected chi connectivity index (χ2v) is 7.63. The molecule has 2 N–H and O–H groups in total. The van der Waals surface area contributed by atoms with Crippen molar-refractivity contribution in [3.8, 4) is 5.75 Å². The van der Waals surface area contributed by atoms with Crippen LogP contribution < -0.4 is 4.74 Å². The molecule has 0 saturated carbocycles. The second-order valence-electron chi connectivity index (χ2n) is 7.25. The number of nitrogens with one attached hydrogen (secondary N) is 1. The summed E-state index contributed by atoms with van der Waals surface area (Å²) in [5, 5.41) is 17.7. The number of aliphatic hydroxyl groups is 1. The number of hydrogen-bond acceptors (Lipinski definition) is 6. The summed E-state index contributed by atoms with van der Waals surface area (Å²) in [6.45, 7) is 4.25. The van der Waals surface area contributed by atoms with E-state index in [0.29, 0.717) is 40.8 Å². The molecule has 2 aromatic rings. The third-order valence-corrected chi connectivity index (χ3v) is 5.51. The average Bonchev–Trinajstić information content (AvgIpc) is 3.10. The fourth-order valence-electron chi connectivity index (χ4n) is 3.35. The number of rotatable bonds is 7. The van der Waals surface area contributed by atoms with Crippen molar-refractivity contribution in [3.63, 3.8) is 0 Å². The minimum absolute atomic E-state index is 0.0430. The number of halogens is 2. The van der Waals surface area contributed by atoms with E-state index in [-0.39, 0.29) is 43.5 Å². The van der Waals surface area contributed by atoms with Crippen molar-refractivity contribution in [3.05, 3.63) is 51.8 Å². The van der Waals surface area contributed by atoms with E-state index in [1.165, 1.54) is 23.1 Å². The Kier molecular flexibility index (Phi) is 6.99. The largest absolute Gasteiger partial charge is 0.493 e. The summed E-state index contributed by atoms with van der Waals surface area (Å²) in [5.74, 6) is -0.646. The predicted octanol–water partition coefficient (Wildman–Crippen LogP) is 3.30. The number of benzene rings is 1. The number of carbonyl (C=O) groups excluding carboxylic acids is 1. The van der Waals surface area contributed by atoms with E-state index in [0.717, 1.165) is 0 Å². The van der Waals surface area contributed by atoms with Crippen LogP contribution in [0, 0.1) is 25.1 Å². The molecule has 0 spiro atoms. The molecule has 1 unspecified atom stereocenters. The van der Waals surface area contributed by atoms with Crippen LogP contribution in [0.4, 0.5) is 4.39 Å². The van der Waals surface area contributed by atoms with Crippen molar-refractivity contribution in [2.45, 2.75) is 32.6 Å². The molecule has 0 bridgehead atoms. The van der Waals surface area contributed by atoms with E-state index < -0.39 is 11.7 Å². The molecular formula is C21H24ClFN4O3. The van der Waals surface area contributed by atoms with Crippen LogP contribution in [0.15, 0.2) is 18.2 Å². The molecule has 9 heteroatoms. The van der Waals surface area contributed by atoms with Crippen LogP contribution in [-0.2, 0) is 0 Å². The number of likely N-dealkylation sites (tertiary alicyclic amines) is 1. The summed E-state index contributed by atoms with van der Waals surface area (Å²) in [6.07, 6.45) is 1.15. The maximum absolute atomic E-state index is 13.7. The molecule has 1 aliphatic rings. The Labute approximate surface area is 179 Å². The van der Waals surface area contributed by atoms with Crippen LogP contribution in [0.25, 0.3) is 0 Å². The first-order chi connectivity index (χ1) is 14.3. The summed E-state index contributed by atoms with van der Waals surface area (Å²) in [6, 6.07) is 3.78. The van der Waals surface area contributed by atoms with Gasteiger partial charge in [0.25, 0.3) is 5.91 Å². The molecule has 7 nitrogen and oxygen atoms in total. The van der Waals surface area contributed by atoms with Gasteiger partial charge >= 0.3 is 0 Å². The highest BCUT2D eigenvalue weighted by Crippen LogP contribution is 2.29. The van der Waals surface area contributed by atoms with Gasteiger partial charge in [-0.05, 0) is 38.8 Å². The van der Waals surface area contributed by atoms with Crippen LogP contribution in [0.5, 0.6) is 5.75 Å². The molecule has 2 heterocycles. The number of ether oxygens (including phenoxy) is 1. The molecular weight excluding hydrogens is 411 g/mol. The van der Waals surface area contributed by atoms with E-state index >= 15 is 0 Å². The van der Waals surface area contributed by atoms with Gasteiger partial charge in [0.05, 0.1) is 41.0 Å². The minimum Gasteiger partial charge on any atom is -0.493 e. The Hall–Kier alpha value is -2.58. The SMILES string of the molecule is Cc1nc(C2CN(C(=O)c3ccc(F)cc3OCCCCO)CC2=N)nc(C)c1Cl. The average molecular weight is 435 g/mol. The number of aliphatic hydroxyl groups excluding tert-OH is 1. The standard InChI is InChI=1S/C21H24ClFN4O3/c1-12-19(22)13(2)26-20(25-12)16-10-27(11-17(16)24)21(29)15-6-5-14(23)9-18(15)30-8-4-3-7-28/h5-6,9,16,24,28H,3-4,7-8,10-11H2,1-2H3. The number of unbranched alkanes of at least 4 members (excludes halogenated alkanes) is 1. The van der Waals surface area contributed by atoms with Crippen LogP contribution in [0.2, 0.25) is 5.02 Å². The molecule has 1 amide bonds. The number of amides is 1. The van der Waals surface area contributed by atoms with E-state index in [1.807, 2.05) is 0 Å². The summed E-state index contributed by atoms with van der Waals surface area (Å²) < 4.78 is 19.3. The molecule has 0 radical (unpaired) electrons. The number of carbonyl (C=O) groups is 1. The highest BCUT2D eigenvalue weighted by Gasteiger charge is 2.35. The summed E-state index contributed by atoms with van der Waals surface area (Å²) in [4.78, 5) is 23.4. The van der Waals surface area contributed by atoms with Gasteiger partial charge in [0.2, 0.25) is 0 Å². The lowest BCUT2D eigenvalue weighted by Crippen LogP contribution is -2.29. The fourth-order valence-corrected chi connectivity index (χ4v) is 3.43. The van der Waals surface area contributed by atoms with Gasteiger partial charge in [-0.15, -0.1) is 0 Å². The van der Waals surface area contributed by atoms with Crippen molar-refractivity contribution in [1.29, 1.82) is 5.41 Å². The number of nitrogens with zero attached hydrogens (tertiary/aromatic N) is 3. The van der Waals surface area contributed by atoms with Crippen molar-refractivity contribution in [2.75, 3.05) is 26.3 Å². The van der Waals surface area contributed by atoms with E-state index in [4.69, 9.17) is 26.9 Å². The minimum atomic E-state index is -0.503. The lowest BCUT2D eigenvalue weighted by atomic mass is 10.1. The fraction of sp³-hybridized carbons (Fsp3) is 0.429. The van der Waals surface area contributed by atoms with Crippen molar-refractivity contribution < 1.29 is 19.0 Å². The van der Waals surface area contributed by atoms with Gasteiger partial charge in [0.1, 0.15) is 17.4 Å². The Balaban J connectivity index is 1.79. The first kappa shape index (κ1) is 22.1. The van der Waals surface area contributed by atoms with Gasteiger partial charge < -0.3 is 20.2 Å². The van der Waals surface area contributed by atoms with Gasteiger partial charge in [-0.1, -0.05) is 11.6 Å². The van der Waals surface area contributed by atoms with Crippen LogP contribution in [0.1, 0.15) is 46.3 Å². The normalized spacial score (nSPS) is 16.2. The van der Waals surface area contributed by atoms with Gasteiger partial charge in [-0.2, -0.15) is 0 Å². The van der Waals surface area contributed by atoms with Gasteiger partial charge in [0.15, 0.2) is 0 Å². The van der Waals surface area contributed by atoms with Gasteiger partial charge in [0, 0.05) is 24.9 Å². The molecule has 3 rings (SSSR count). The zero-order valence-electron chi connectivity index (χ0n) is 16.9. The second kappa shape index (κ2) is 9.49. The first-order valence-corrected chi connectivity index (χ1v) is 10.1. The maximum atomic E-state index is 13.7. The van der Waals surface area contributed by atoms with E-state index in [2.05, 4.69) is 9.97 Å². The number of aryl methyl sites for hydroxylation is 2. The summed E-state index contributed by atoms with van der Waals surface area (Å²) in [5.41, 5.74) is 1.83. The molecule has 160 valence electrons. The lowest BCUT2D eigenvalue weighted by Gasteiger charge is -2.18. The lowest BCUT2D eigenvalue weighted by molar-refractivity contribution is 0.0790. The quantitative estimate of drug-likeness (QED) is 0.651. The maximum Gasteiger partial charge on any atom is 0.257 e. The highest BCUT2D eigenvalue weighted by atomic mass is 35.5. The Morgan fingerprint density at radius 2 is 2.03 bits per heavy atom. The highest BCUT2D eigenvalue weighted by molar-refractivity contribution is 6.31. The third-order valence-electron chi connectivity index (χ3n) is 4.97. The molecule has 1 aromatic carbocycles. The van der Waals surface area contributed by atoms with Crippen LogP contribution >= 0.6 is 11.6 Å². The summed E-state index contributed by atoms with van der Waals surface area (Å²) >= 11 is 6.14. The zero-order valence-corrected chi connectivity index (χ0v) is 17.7. The molecule has 1 fully saturated rings. The van der Waals surface area contributed by atoms with Crippen LogP contribution in [-0.4, -0.2) is 57.9 Å².